The van der Waals surface area contributed by atoms with Gasteiger partial charge in [0.15, 0.2) is 5.96 Å². The van der Waals surface area contributed by atoms with Crippen LogP contribution in [0.15, 0.2) is 9.41 Å². The molecule has 0 unspecified atom stereocenters. The van der Waals surface area contributed by atoms with Crippen molar-refractivity contribution in [3.63, 3.8) is 0 Å². The van der Waals surface area contributed by atoms with Gasteiger partial charge in [0.1, 0.15) is 0 Å². The number of carbonyl (C=O) groups is 3. The summed E-state index contributed by atoms with van der Waals surface area (Å²) in [6.45, 7) is 3.23. The van der Waals surface area contributed by atoms with Crippen LogP contribution in [0.25, 0.3) is 0 Å². The number of rotatable bonds is 9. The van der Waals surface area contributed by atoms with Crippen molar-refractivity contribution in [3.8, 4) is 0 Å². The number of carboxylic acid groups (broad SMARTS) is 2. The quantitative estimate of drug-likeness (QED) is 0.116. The van der Waals surface area contributed by atoms with E-state index in [1.54, 1.807) is 0 Å². The molecular weight excluding hydrogens is 512 g/mol. The largest absolute Gasteiger partial charge is 0.490 e. The Morgan fingerprint density at radius 3 is 1.92 bits per heavy atom. The fraction of sp³-hybridized carbons (Fsp3) is 0.647. The van der Waals surface area contributed by atoms with Crippen LogP contribution in [-0.4, -0.2) is 69.8 Å². The number of hydrogen-bond donors (Lipinski definition) is 6. The molecule has 0 saturated heterocycles. The number of nitrogens with one attached hydrogen (secondary N) is 2. The lowest BCUT2D eigenvalue weighted by Gasteiger charge is -2.06. The number of amides is 2. The maximum Gasteiger partial charge on any atom is 0.490 e. The topological polar surface area (TPSA) is 219 Å². The first-order valence-corrected chi connectivity index (χ1v) is 10.0. The van der Waals surface area contributed by atoms with Crippen LogP contribution in [-0.2, 0) is 16.0 Å². The van der Waals surface area contributed by atoms with E-state index in [1.165, 1.54) is 12.8 Å². The lowest BCUT2D eigenvalue weighted by molar-refractivity contribution is -0.193. The number of nitrogens with two attached hydrogens (primary N) is 2. The summed E-state index contributed by atoms with van der Waals surface area (Å²) >= 11 is 0. The minimum absolute atomic E-state index is 0.0512. The van der Waals surface area contributed by atoms with Gasteiger partial charge in [-0.15, -0.1) is 5.10 Å². The predicted octanol–water partition coefficient (Wildman–Crippen LogP) is 2.05. The maximum absolute atomic E-state index is 11.5. The average Bonchev–Trinajstić information content (AvgIpc) is 3.15. The molecule has 208 valence electrons. The van der Waals surface area contributed by atoms with Gasteiger partial charge in [0.25, 0.3) is 0 Å². The smallest absolute Gasteiger partial charge is 0.475 e. The molecule has 8 N–H and O–H groups in total. The minimum atomic E-state index is -5.08. The molecule has 0 saturated carbocycles. The van der Waals surface area contributed by atoms with E-state index in [-0.39, 0.29) is 18.0 Å². The third-order valence-corrected chi connectivity index (χ3v) is 3.36. The van der Waals surface area contributed by atoms with Crippen LogP contribution in [0.5, 0.6) is 0 Å². The summed E-state index contributed by atoms with van der Waals surface area (Å²) in [5.41, 5.74) is 10.9. The lowest BCUT2D eigenvalue weighted by Crippen LogP contribution is -2.43. The van der Waals surface area contributed by atoms with E-state index in [0.29, 0.717) is 31.8 Å². The number of alkyl halides is 6. The summed E-state index contributed by atoms with van der Waals surface area (Å²) in [6.07, 6.45) is -4.51. The number of nitrogen functional groups attached to an aromatic ring is 1. The molecule has 0 aliphatic heterocycles. The first-order valence-electron chi connectivity index (χ1n) is 10.0. The molecule has 2 amide bonds. The molecule has 0 bridgehead atoms. The van der Waals surface area contributed by atoms with Gasteiger partial charge in [0, 0.05) is 19.5 Å². The summed E-state index contributed by atoms with van der Waals surface area (Å²) in [7, 11) is 0. The second kappa shape index (κ2) is 17.6. The molecule has 0 atom stereocenters. The standard InChI is InChI=1S/C13H25N7O2.2C2HF3O2/c1-2-3-4-5-8-17-13(21)18-11(14)16-9-6-7-10-19-20-12(15)22-10;2*3-2(4,5)1(6)7/h2-9H2,1H3,(H2,15,20)(H4,14,16,17,18,21);2*(H,6,7). The zero-order chi connectivity index (χ0) is 28.4. The van der Waals surface area contributed by atoms with Crippen LogP contribution in [0.4, 0.5) is 37.2 Å². The lowest BCUT2D eigenvalue weighted by atomic mass is 10.2. The van der Waals surface area contributed by atoms with Gasteiger partial charge in [-0.05, 0) is 12.8 Å². The summed E-state index contributed by atoms with van der Waals surface area (Å²) in [6, 6.07) is -0.280. The third kappa shape index (κ3) is 20.8. The van der Waals surface area contributed by atoms with Crippen LogP contribution in [0.1, 0.15) is 44.9 Å². The number of carbonyl (C=O) groups excluding carboxylic acids is 1. The van der Waals surface area contributed by atoms with Gasteiger partial charge in [-0.3, -0.25) is 10.3 Å². The highest BCUT2D eigenvalue weighted by atomic mass is 19.4. The van der Waals surface area contributed by atoms with E-state index in [1.807, 2.05) is 0 Å². The predicted molar refractivity (Wildman–Crippen MR) is 112 cm³/mol. The van der Waals surface area contributed by atoms with E-state index in [0.717, 1.165) is 12.8 Å². The monoisotopic (exact) mass is 539 g/mol. The molecule has 0 aliphatic rings. The number of guanidine groups is 1. The fourth-order valence-corrected chi connectivity index (χ4v) is 1.75. The Morgan fingerprint density at radius 1 is 0.972 bits per heavy atom. The molecule has 1 rings (SSSR count). The van der Waals surface area contributed by atoms with Crippen LogP contribution in [0.2, 0.25) is 0 Å². The van der Waals surface area contributed by atoms with Crippen molar-refractivity contribution in [1.29, 1.82) is 0 Å². The number of hydrogen-bond acceptors (Lipinski definition) is 8. The molecule has 1 aromatic rings. The number of halogens is 6. The molecular formula is C17H27F6N7O6. The molecule has 0 fully saturated rings. The van der Waals surface area contributed by atoms with Gasteiger partial charge in [-0.25, -0.2) is 14.4 Å². The zero-order valence-electron chi connectivity index (χ0n) is 18.9. The first kappa shape index (κ1) is 34.4. The molecule has 1 aromatic heterocycles. The van der Waals surface area contributed by atoms with Gasteiger partial charge in [-0.2, -0.15) is 26.3 Å². The summed E-state index contributed by atoms with van der Waals surface area (Å²) in [5.74, 6) is -4.96. The summed E-state index contributed by atoms with van der Waals surface area (Å²) in [5, 5.41) is 26.8. The van der Waals surface area contributed by atoms with Gasteiger partial charge < -0.3 is 31.4 Å². The van der Waals surface area contributed by atoms with Crippen molar-refractivity contribution in [3.05, 3.63) is 5.89 Å². The minimum Gasteiger partial charge on any atom is -0.475 e. The number of nitrogens with zero attached hydrogens (tertiary/aromatic N) is 3. The number of carboxylic acids is 2. The van der Waals surface area contributed by atoms with E-state index >= 15 is 0 Å². The maximum atomic E-state index is 11.5. The normalized spacial score (nSPS) is 11.4. The molecule has 0 aliphatic carbocycles. The Hall–Kier alpha value is -3.80. The Labute approximate surface area is 200 Å². The van der Waals surface area contributed by atoms with E-state index in [4.69, 9.17) is 35.7 Å². The molecule has 13 nitrogen and oxygen atoms in total. The number of aryl methyl sites for hydroxylation is 1. The second-order valence-corrected chi connectivity index (χ2v) is 6.45. The number of anilines is 1. The summed E-state index contributed by atoms with van der Waals surface area (Å²) in [4.78, 5) is 33.3. The van der Waals surface area contributed by atoms with Gasteiger partial charge in [0.05, 0.1) is 0 Å². The third-order valence-electron chi connectivity index (χ3n) is 3.36. The zero-order valence-corrected chi connectivity index (χ0v) is 18.9. The first-order chi connectivity index (χ1) is 16.5. The van der Waals surface area contributed by atoms with Crippen molar-refractivity contribution in [1.82, 2.24) is 20.8 Å². The van der Waals surface area contributed by atoms with Crippen molar-refractivity contribution in [2.45, 2.75) is 57.8 Å². The number of aromatic nitrogens is 2. The van der Waals surface area contributed by atoms with Crippen molar-refractivity contribution >= 4 is 29.9 Å². The molecule has 0 spiro atoms. The molecule has 1 heterocycles. The van der Waals surface area contributed by atoms with Crippen molar-refractivity contribution < 1.29 is 55.4 Å². The van der Waals surface area contributed by atoms with Crippen LogP contribution in [0.3, 0.4) is 0 Å². The molecule has 19 heteroatoms. The second-order valence-electron chi connectivity index (χ2n) is 6.45. The summed E-state index contributed by atoms with van der Waals surface area (Å²) < 4.78 is 68.5. The Morgan fingerprint density at radius 2 is 1.50 bits per heavy atom. The Balaban J connectivity index is 0. The number of aliphatic imine (C=N–C) groups is 1. The van der Waals surface area contributed by atoms with Gasteiger partial charge in [-0.1, -0.05) is 31.3 Å². The van der Waals surface area contributed by atoms with Gasteiger partial charge in [0.2, 0.25) is 5.89 Å². The molecule has 0 radical (unpaired) electrons. The van der Waals surface area contributed by atoms with Crippen LogP contribution < -0.4 is 22.1 Å². The average molecular weight is 539 g/mol. The van der Waals surface area contributed by atoms with Crippen LogP contribution in [0, 0.1) is 0 Å². The van der Waals surface area contributed by atoms with E-state index in [9.17, 15) is 31.1 Å². The van der Waals surface area contributed by atoms with E-state index < -0.39 is 24.3 Å². The van der Waals surface area contributed by atoms with Gasteiger partial charge >= 0.3 is 36.3 Å². The van der Waals surface area contributed by atoms with E-state index in [2.05, 4.69) is 32.7 Å². The Bertz CT molecular complexity index is 806. The number of unbranched alkanes of at least 4 members (excludes halogenated alkanes) is 3. The highest BCUT2D eigenvalue weighted by molar-refractivity contribution is 5.95. The molecule has 0 aromatic carbocycles. The van der Waals surface area contributed by atoms with Crippen LogP contribution >= 0.6 is 0 Å². The SMILES string of the molecule is CCCCCCNC(=O)NC(N)=NCCCc1nnc(N)o1.O=C(O)C(F)(F)F.O=C(O)C(F)(F)F. The number of aliphatic carboxylic acids is 2. The molecule has 36 heavy (non-hydrogen) atoms. The Kier molecular flexibility index (Phi) is 16.8. The fourth-order valence-electron chi connectivity index (χ4n) is 1.75. The van der Waals surface area contributed by atoms with Crippen molar-refractivity contribution in [2.24, 2.45) is 10.7 Å². The van der Waals surface area contributed by atoms with Crippen molar-refractivity contribution in [2.75, 3.05) is 18.8 Å². The highest BCUT2D eigenvalue weighted by Gasteiger charge is 2.38. The highest BCUT2D eigenvalue weighted by Crippen LogP contribution is 2.13. The number of urea groups is 1.